The lowest BCUT2D eigenvalue weighted by Crippen LogP contribution is -2.68. The molecule has 0 aromatic heterocycles. The Balaban J connectivity index is 1.86. The third-order valence-corrected chi connectivity index (χ3v) is 6.09. The van der Waals surface area contributed by atoms with Crippen LogP contribution in [0.4, 0.5) is 4.79 Å². The molecule has 0 saturated carbocycles. The number of fused-ring (bicyclic) bond motifs is 1. The number of carbonyl (C=O) groups excluding carboxylic acids is 2. The smallest absolute Gasteiger partial charge is 0.407 e. The van der Waals surface area contributed by atoms with Crippen LogP contribution in [0.25, 0.3) is 0 Å². The zero-order valence-electron chi connectivity index (χ0n) is 18.3. The van der Waals surface area contributed by atoms with Crippen molar-refractivity contribution in [2.75, 3.05) is 39.5 Å². The maximum absolute atomic E-state index is 12.0. The molecule has 0 aromatic carbocycles. The lowest BCUT2D eigenvalue weighted by molar-refractivity contribution is -0.884. The predicted molar refractivity (Wildman–Crippen MR) is 116 cm³/mol. The molecule has 2 atom stereocenters. The van der Waals surface area contributed by atoms with E-state index in [1.807, 2.05) is 26.8 Å². The van der Waals surface area contributed by atoms with Gasteiger partial charge in [-0.05, 0) is 32.4 Å². The van der Waals surface area contributed by atoms with E-state index >= 15 is 0 Å². The second kappa shape index (κ2) is 9.40. The van der Waals surface area contributed by atoms with Crippen LogP contribution in [0, 0.1) is 0 Å². The first-order valence-electron chi connectivity index (χ1n) is 9.94. The van der Waals surface area contributed by atoms with Crippen molar-refractivity contribution in [1.29, 1.82) is 0 Å². The minimum Gasteiger partial charge on any atom is -0.477 e. The number of rotatable bonds is 8. The summed E-state index contributed by atoms with van der Waals surface area (Å²) in [5.41, 5.74) is 5.91. The number of carboxylic acids is 1. The Morgan fingerprint density at radius 2 is 2.07 bits per heavy atom. The van der Waals surface area contributed by atoms with Gasteiger partial charge in [-0.1, -0.05) is 6.08 Å². The number of nitrogens with two attached hydrogens (primary N) is 1. The van der Waals surface area contributed by atoms with Crippen LogP contribution in [0.1, 0.15) is 27.2 Å². The summed E-state index contributed by atoms with van der Waals surface area (Å²) in [6, 6.07) is -0.625. The molecule has 0 bridgehead atoms. The number of quaternary nitrogens is 1. The minimum atomic E-state index is -1.11. The van der Waals surface area contributed by atoms with Crippen molar-refractivity contribution in [3.05, 3.63) is 23.4 Å². The number of hydrogen-bond donors (Lipinski definition) is 3. The Kier molecular flexibility index (Phi) is 7.59. The van der Waals surface area contributed by atoms with Gasteiger partial charge in [-0.3, -0.25) is 9.69 Å². The fourth-order valence-corrected chi connectivity index (χ4v) is 4.52. The summed E-state index contributed by atoms with van der Waals surface area (Å²) in [6.07, 6.45) is 4.09. The molecule has 0 aliphatic carbocycles. The lowest BCUT2D eigenvalue weighted by Gasteiger charge is -2.47. The molecule has 9 nitrogen and oxygen atoms in total. The number of carboxylic acid groups (broad SMARTS) is 1. The number of likely N-dealkylation sites (N-methyl/N-ethyl adjacent to an activating group) is 1. The van der Waals surface area contributed by atoms with Crippen LogP contribution >= 0.6 is 11.8 Å². The quantitative estimate of drug-likeness (QED) is 0.293. The summed E-state index contributed by atoms with van der Waals surface area (Å²) in [6.45, 7) is 7.49. The first kappa shape index (κ1) is 24.2. The van der Waals surface area contributed by atoms with E-state index in [1.165, 1.54) is 16.7 Å². The van der Waals surface area contributed by atoms with Gasteiger partial charge in [0.25, 0.3) is 0 Å². The van der Waals surface area contributed by atoms with Gasteiger partial charge < -0.3 is 25.4 Å². The van der Waals surface area contributed by atoms with E-state index in [-0.39, 0.29) is 17.0 Å². The topological polar surface area (TPSA) is 122 Å². The van der Waals surface area contributed by atoms with E-state index in [4.69, 9.17) is 10.5 Å². The minimum absolute atomic E-state index is 0.0357. The average Bonchev–Trinajstić information content (AvgIpc) is 2.62. The van der Waals surface area contributed by atoms with Gasteiger partial charge in [0.05, 0.1) is 27.2 Å². The largest absolute Gasteiger partial charge is 0.477 e. The lowest BCUT2D eigenvalue weighted by atomic mass is 10.0. The maximum atomic E-state index is 12.0. The second-order valence-electron chi connectivity index (χ2n) is 9.14. The molecule has 2 aliphatic rings. The molecule has 1 saturated heterocycles. The van der Waals surface area contributed by atoms with Crippen LogP contribution in [-0.4, -0.2) is 89.0 Å². The van der Waals surface area contributed by atoms with Gasteiger partial charge >= 0.3 is 12.1 Å². The monoisotopic (exact) mass is 441 g/mol. The number of ether oxygens (including phenoxy) is 1. The molecule has 0 unspecified atom stereocenters. The summed E-state index contributed by atoms with van der Waals surface area (Å²) in [5.74, 6) is -0.945. The molecular weight excluding hydrogens is 408 g/mol. The highest BCUT2D eigenvalue weighted by molar-refractivity contribution is 8.00. The molecule has 2 aliphatic heterocycles. The molecule has 2 rings (SSSR count). The highest BCUT2D eigenvalue weighted by Crippen LogP contribution is 2.39. The highest BCUT2D eigenvalue weighted by atomic mass is 32.2. The van der Waals surface area contributed by atoms with Crippen LogP contribution < -0.4 is 11.1 Å². The normalized spacial score (nSPS) is 22.1. The van der Waals surface area contributed by atoms with E-state index in [1.54, 1.807) is 6.08 Å². The fraction of sp³-hybridized carbons (Fsp3) is 0.650. The Morgan fingerprint density at radius 1 is 1.40 bits per heavy atom. The van der Waals surface area contributed by atoms with Crippen molar-refractivity contribution in [1.82, 2.24) is 10.2 Å². The third-order valence-electron chi connectivity index (χ3n) is 4.77. The predicted octanol–water partition coefficient (Wildman–Crippen LogP) is 1.11. The SMILES string of the molecule is CC(C)(C)OC(=O)NCCC[N+](C)(C)CC=CC1=C(C(=O)O)N2C(=O)[C@@H](N)[C@H]2SC1. The number of allylic oxidation sites excluding steroid dienone is 1. The number of alkyl carbamates (subject to hydrolysis) is 1. The van der Waals surface area contributed by atoms with Crippen molar-refractivity contribution in [2.24, 2.45) is 5.73 Å². The highest BCUT2D eigenvalue weighted by Gasteiger charge is 2.51. The van der Waals surface area contributed by atoms with Gasteiger partial charge in [-0.25, -0.2) is 9.59 Å². The van der Waals surface area contributed by atoms with Crippen LogP contribution in [0.2, 0.25) is 0 Å². The maximum Gasteiger partial charge on any atom is 0.407 e. The molecule has 10 heteroatoms. The van der Waals surface area contributed by atoms with Crippen molar-refractivity contribution >= 4 is 29.7 Å². The number of nitrogens with one attached hydrogen (secondary N) is 1. The summed E-state index contributed by atoms with van der Waals surface area (Å²) in [5, 5.41) is 12.0. The summed E-state index contributed by atoms with van der Waals surface area (Å²) in [7, 11) is 4.13. The number of carbonyl (C=O) groups is 3. The molecule has 30 heavy (non-hydrogen) atoms. The van der Waals surface area contributed by atoms with Gasteiger partial charge in [0.1, 0.15) is 22.7 Å². The van der Waals surface area contributed by atoms with E-state index in [0.717, 1.165) is 13.0 Å². The number of hydrogen-bond acceptors (Lipinski definition) is 6. The van der Waals surface area contributed by atoms with E-state index in [9.17, 15) is 19.5 Å². The van der Waals surface area contributed by atoms with Gasteiger partial charge in [0.15, 0.2) is 0 Å². The molecule has 0 aromatic rings. The molecule has 2 heterocycles. The van der Waals surface area contributed by atoms with Crippen molar-refractivity contribution in [3.63, 3.8) is 0 Å². The van der Waals surface area contributed by atoms with E-state index in [0.29, 0.717) is 28.9 Å². The Bertz CT molecular complexity index is 757. The van der Waals surface area contributed by atoms with Gasteiger partial charge in [-0.15, -0.1) is 11.8 Å². The van der Waals surface area contributed by atoms with E-state index < -0.39 is 23.7 Å². The fourth-order valence-electron chi connectivity index (χ4n) is 3.25. The standard InChI is InChI=1S/C20H32N4O5S/c1-20(2,3)29-19(28)22-9-7-11-24(4,5)10-6-8-13-12-30-17-14(21)16(25)23(17)15(13)18(26)27/h6,8,14,17H,7,9-12,21H2,1-5H3,(H-,22,26,27,28)/p+1/t14-,17-/m1/s1. The summed E-state index contributed by atoms with van der Waals surface area (Å²) >= 11 is 1.49. The number of aliphatic carboxylic acids is 1. The van der Waals surface area contributed by atoms with Crippen molar-refractivity contribution in [3.8, 4) is 0 Å². The first-order chi connectivity index (χ1) is 13.8. The van der Waals surface area contributed by atoms with Gasteiger partial charge in [0, 0.05) is 18.7 Å². The zero-order chi connectivity index (χ0) is 22.7. The Hall–Kier alpha value is -2.04. The molecular formula is C20H33N4O5S+. The molecule has 4 N–H and O–H groups in total. The van der Waals surface area contributed by atoms with Crippen LogP contribution in [0.15, 0.2) is 23.4 Å². The summed E-state index contributed by atoms with van der Waals surface area (Å²) < 4.78 is 5.88. The van der Waals surface area contributed by atoms with Crippen LogP contribution in [-0.2, 0) is 14.3 Å². The number of nitrogens with zero attached hydrogens (tertiary/aromatic N) is 2. The zero-order valence-corrected chi connectivity index (χ0v) is 19.1. The van der Waals surface area contributed by atoms with Gasteiger partial charge in [-0.2, -0.15) is 0 Å². The average molecular weight is 442 g/mol. The number of β-lactam (4-membered cyclic amide) rings is 1. The van der Waals surface area contributed by atoms with E-state index in [2.05, 4.69) is 19.4 Å². The Morgan fingerprint density at radius 3 is 2.67 bits per heavy atom. The molecule has 2 amide bonds. The van der Waals surface area contributed by atoms with Crippen LogP contribution in [0.5, 0.6) is 0 Å². The molecule has 0 spiro atoms. The number of thioether (sulfide) groups is 1. The molecule has 0 radical (unpaired) electrons. The summed E-state index contributed by atoms with van der Waals surface area (Å²) in [4.78, 5) is 36.7. The third kappa shape index (κ3) is 6.23. The Labute approximate surface area is 181 Å². The number of amides is 2. The second-order valence-corrected chi connectivity index (χ2v) is 10.2. The molecule has 1 fully saturated rings. The molecule has 168 valence electrons. The van der Waals surface area contributed by atoms with Crippen molar-refractivity contribution < 1.29 is 28.7 Å². The first-order valence-corrected chi connectivity index (χ1v) is 11.0. The van der Waals surface area contributed by atoms with Gasteiger partial charge in [0.2, 0.25) is 5.91 Å². The van der Waals surface area contributed by atoms with Crippen LogP contribution in [0.3, 0.4) is 0 Å². The van der Waals surface area contributed by atoms with Crippen molar-refractivity contribution in [2.45, 2.75) is 44.2 Å².